The van der Waals surface area contributed by atoms with Crippen molar-refractivity contribution in [3.05, 3.63) is 51.4 Å². The Hall–Kier alpha value is -2.13. The minimum Gasteiger partial charge on any atom is -0.381 e. The number of anilines is 2. The zero-order valence-corrected chi connectivity index (χ0v) is 12.7. The maximum atomic E-state index is 11.2. The lowest BCUT2D eigenvalue weighted by Crippen LogP contribution is -2.09. The number of nitro groups is 1. The van der Waals surface area contributed by atoms with Crippen LogP contribution in [0.4, 0.5) is 16.4 Å². The van der Waals surface area contributed by atoms with E-state index in [1.807, 2.05) is 0 Å². The van der Waals surface area contributed by atoms with Gasteiger partial charge in [0.05, 0.1) is 16.9 Å². The van der Waals surface area contributed by atoms with Crippen molar-refractivity contribution in [2.45, 2.75) is 6.54 Å². The molecule has 0 fully saturated rings. The van der Waals surface area contributed by atoms with Gasteiger partial charge in [-0.3, -0.25) is 14.8 Å². The largest absolute Gasteiger partial charge is 0.381 e. The van der Waals surface area contributed by atoms with Gasteiger partial charge in [0, 0.05) is 23.7 Å². The first kappa shape index (κ1) is 15.3. The van der Waals surface area contributed by atoms with Crippen LogP contribution in [0.3, 0.4) is 0 Å². The Balaban J connectivity index is 2.02. The highest BCUT2D eigenvalue weighted by atomic mass is 32.2. The molecule has 0 bridgehead atoms. The summed E-state index contributed by atoms with van der Waals surface area (Å²) in [5.74, 6) is 0. The Bertz CT molecular complexity index is 755. The molecule has 0 spiro atoms. The lowest BCUT2D eigenvalue weighted by Gasteiger charge is -2.08. The van der Waals surface area contributed by atoms with Gasteiger partial charge in [-0.25, -0.2) is 8.42 Å². The summed E-state index contributed by atoms with van der Waals surface area (Å²) in [5.41, 5.74) is 1.98. The molecule has 0 aliphatic rings. The second-order valence-corrected chi connectivity index (χ2v) is 7.00. The van der Waals surface area contributed by atoms with Crippen LogP contribution in [0.5, 0.6) is 0 Å². The third kappa shape index (κ3) is 4.72. The zero-order valence-electron chi connectivity index (χ0n) is 11.1. The van der Waals surface area contributed by atoms with E-state index in [0.717, 1.165) is 28.8 Å². The molecule has 0 aliphatic heterocycles. The molecule has 0 unspecified atom stereocenters. The van der Waals surface area contributed by atoms with Crippen LogP contribution in [0.1, 0.15) is 5.56 Å². The average Bonchev–Trinajstić information content (AvgIpc) is 2.83. The van der Waals surface area contributed by atoms with E-state index in [-0.39, 0.29) is 5.00 Å². The summed E-state index contributed by atoms with van der Waals surface area (Å²) in [7, 11) is -3.32. The van der Waals surface area contributed by atoms with E-state index >= 15 is 0 Å². The van der Waals surface area contributed by atoms with Gasteiger partial charge >= 0.3 is 5.00 Å². The molecule has 0 radical (unpaired) electrons. The summed E-state index contributed by atoms with van der Waals surface area (Å²) >= 11 is 1.07. The Morgan fingerprint density at radius 2 is 2.00 bits per heavy atom. The van der Waals surface area contributed by atoms with Crippen LogP contribution in [0, 0.1) is 10.1 Å². The Kier molecular flexibility index (Phi) is 4.43. The summed E-state index contributed by atoms with van der Waals surface area (Å²) in [6.45, 7) is 0.423. The summed E-state index contributed by atoms with van der Waals surface area (Å²) in [6.07, 6.45) is 1.08. The van der Waals surface area contributed by atoms with Gasteiger partial charge in [-0.15, -0.1) is 0 Å². The van der Waals surface area contributed by atoms with Gasteiger partial charge in [0.25, 0.3) is 0 Å². The number of nitrogens with zero attached hydrogens (tertiary/aromatic N) is 1. The summed E-state index contributed by atoms with van der Waals surface area (Å²) in [5, 5.41) is 15.5. The van der Waals surface area contributed by atoms with E-state index in [0.29, 0.717) is 12.2 Å². The molecule has 1 heterocycles. The molecule has 21 heavy (non-hydrogen) atoms. The molecule has 7 nitrogen and oxygen atoms in total. The number of sulfonamides is 1. The van der Waals surface area contributed by atoms with E-state index in [9.17, 15) is 18.5 Å². The number of benzene rings is 1. The van der Waals surface area contributed by atoms with Crippen molar-refractivity contribution >= 4 is 37.7 Å². The van der Waals surface area contributed by atoms with Crippen LogP contribution in [0.2, 0.25) is 0 Å². The first-order chi connectivity index (χ1) is 9.83. The zero-order chi connectivity index (χ0) is 15.5. The van der Waals surface area contributed by atoms with Gasteiger partial charge in [-0.1, -0.05) is 17.4 Å². The molecule has 112 valence electrons. The Morgan fingerprint density at radius 3 is 2.62 bits per heavy atom. The minimum atomic E-state index is -3.32. The monoisotopic (exact) mass is 327 g/mol. The molecular formula is C12H13N3O4S2. The van der Waals surface area contributed by atoms with E-state index in [2.05, 4.69) is 10.0 Å². The SMILES string of the molecule is CS(=O)(=O)Nc1cccc(NCc2csc([N+](=O)[O-])c2)c1. The predicted molar refractivity (Wildman–Crippen MR) is 83.2 cm³/mol. The van der Waals surface area contributed by atoms with Gasteiger partial charge < -0.3 is 5.32 Å². The van der Waals surface area contributed by atoms with Crippen molar-refractivity contribution in [3.63, 3.8) is 0 Å². The summed E-state index contributed by atoms with van der Waals surface area (Å²) in [4.78, 5) is 10.2. The van der Waals surface area contributed by atoms with E-state index in [1.54, 1.807) is 29.6 Å². The fourth-order valence-electron chi connectivity index (χ4n) is 1.66. The summed E-state index contributed by atoms with van der Waals surface area (Å²) < 4.78 is 24.7. The molecule has 2 rings (SSSR count). The van der Waals surface area contributed by atoms with Crippen LogP contribution in [0.25, 0.3) is 0 Å². The smallest absolute Gasteiger partial charge is 0.324 e. The lowest BCUT2D eigenvalue weighted by molar-refractivity contribution is -0.380. The fraction of sp³-hybridized carbons (Fsp3) is 0.167. The van der Waals surface area contributed by atoms with Crippen molar-refractivity contribution in [1.29, 1.82) is 0 Å². The van der Waals surface area contributed by atoms with E-state index in [4.69, 9.17) is 0 Å². The number of nitrogens with one attached hydrogen (secondary N) is 2. The fourth-order valence-corrected chi connectivity index (χ4v) is 2.95. The Morgan fingerprint density at radius 1 is 1.29 bits per heavy atom. The second kappa shape index (κ2) is 6.10. The molecule has 1 aromatic heterocycles. The van der Waals surface area contributed by atoms with Crippen LogP contribution < -0.4 is 10.0 Å². The van der Waals surface area contributed by atoms with Gasteiger partial charge in [-0.2, -0.15) is 0 Å². The van der Waals surface area contributed by atoms with Crippen molar-refractivity contribution in [1.82, 2.24) is 0 Å². The van der Waals surface area contributed by atoms with E-state index in [1.165, 1.54) is 6.07 Å². The van der Waals surface area contributed by atoms with Crippen molar-refractivity contribution in [2.24, 2.45) is 0 Å². The maximum Gasteiger partial charge on any atom is 0.324 e. The first-order valence-corrected chi connectivity index (χ1v) is 8.64. The number of hydrogen-bond donors (Lipinski definition) is 2. The average molecular weight is 327 g/mol. The standard InChI is InChI=1S/C12H13N3O4S2/c1-21(18,19)14-11-4-2-3-10(6-11)13-7-9-5-12(15(16)17)20-8-9/h2-6,8,13-14H,7H2,1H3. The Labute approximate surface area is 125 Å². The molecule has 0 atom stereocenters. The van der Waals surface area contributed by atoms with Crippen LogP contribution >= 0.6 is 11.3 Å². The second-order valence-electron chi connectivity index (χ2n) is 4.36. The maximum absolute atomic E-state index is 11.2. The van der Waals surface area contributed by atoms with Crippen LogP contribution in [-0.2, 0) is 16.6 Å². The normalized spacial score (nSPS) is 11.1. The predicted octanol–water partition coefficient (Wildman–Crippen LogP) is 2.64. The molecular weight excluding hydrogens is 314 g/mol. The van der Waals surface area contributed by atoms with Gasteiger partial charge in [0.15, 0.2) is 0 Å². The highest BCUT2D eigenvalue weighted by Gasteiger charge is 2.09. The van der Waals surface area contributed by atoms with Crippen LogP contribution in [-0.4, -0.2) is 19.6 Å². The third-order valence-corrected chi connectivity index (χ3v) is 4.02. The molecule has 1 aromatic carbocycles. The molecule has 2 N–H and O–H groups in total. The minimum absolute atomic E-state index is 0.0966. The highest BCUT2D eigenvalue weighted by Crippen LogP contribution is 2.23. The van der Waals surface area contributed by atoms with Crippen LogP contribution in [0.15, 0.2) is 35.7 Å². The topological polar surface area (TPSA) is 101 Å². The molecule has 0 saturated heterocycles. The molecule has 0 amide bonds. The van der Waals surface area contributed by atoms with Gasteiger partial charge in [0.1, 0.15) is 0 Å². The molecule has 0 aliphatic carbocycles. The first-order valence-electron chi connectivity index (χ1n) is 5.87. The number of rotatable bonds is 6. The van der Waals surface area contributed by atoms with Crippen molar-refractivity contribution in [2.75, 3.05) is 16.3 Å². The van der Waals surface area contributed by atoms with Crippen molar-refractivity contribution in [3.8, 4) is 0 Å². The molecule has 2 aromatic rings. The third-order valence-electron chi connectivity index (χ3n) is 2.48. The van der Waals surface area contributed by atoms with Crippen molar-refractivity contribution < 1.29 is 13.3 Å². The quantitative estimate of drug-likeness (QED) is 0.627. The lowest BCUT2D eigenvalue weighted by atomic mass is 10.2. The van der Waals surface area contributed by atoms with Gasteiger partial charge in [-0.05, 0) is 23.8 Å². The van der Waals surface area contributed by atoms with E-state index < -0.39 is 14.9 Å². The van der Waals surface area contributed by atoms with Gasteiger partial charge in [0.2, 0.25) is 10.0 Å². The number of thiophene rings is 1. The molecule has 9 heteroatoms. The molecule has 0 saturated carbocycles. The summed E-state index contributed by atoms with van der Waals surface area (Å²) in [6, 6.07) is 8.31. The number of hydrogen-bond acceptors (Lipinski definition) is 6. The highest BCUT2D eigenvalue weighted by molar-refractivity contribution is 7.92.